The highest BCUT2D eigenvalue weighted by atomic mass is 32.2. The van der Waals surface area contributed by atoms with E-state index < -0.39 is 6.61 Å². The van der Waals surface area contributed by atoms with Crippen molar-refractivity contribution in [3.63, 3.8) is 0 Å². The number of carbonyl (C=O) groups is 1. The molecule has 140 valence electrons. The van der Waals surface area contributed by atoms with Crippen LogP contribution in [0.1, 0.15) is 10.4 Å². The largest absolute Gasteiger partial charge is 0.497 e. The lowest BCUT2D eigenvalue weighted by atomic mass is 10.0. The fourth-order valence-corrected chi connectivity index (χ4v) is 3.76. The predicted octanol–water partition coefficient (Wildman–Crippen LogP) is 4.26. The van der Waals surface area contributed by atoms with Crippen LogP contribution < -0.4 is 9.47 Å². The summed E-state index contributed by atoms with van der Waals surface area (Å²) in [6.07, 6.45) is 1.92. The standard InChI is InChI=1S/C21H21NO4S/c1-25-15-8-4-13(5-9-15)19-18(17(24)12-23)21(27-3)20(22-19)14-6-10-16(26-2)11-7-14/h4-11,22-23H,12H2,1-3H3. The van der Waals surface area contributed by atoms with Gasteiger partial charge in [-0.2, -0.15) is 0 Å². The molecule has 0 aliphatic rings. The molecule has 0 saturated heterocycles. The Morgan fingerprint density at radius 2 is 1.41 bits per heavy atom. The molecular formula is C21H21NO4S. The fourth-order valence-electron chi connectivity index (χ4n) is 2.97. The first-order valence-electron chi connectivity index (χ1n) is 8.35. The minimum atomic E-state index is -0.545. The van der Waals surface area contributed by atoms with Crippen molar-refractivity contribution >= 4 is 17.5 Å². The third-order valence-electron chi connectivity index (χ3n) is 4.34. The first kappa shape index (κ1) is 19.1. The van der Waals surface area contributed by atoms with Crippen LogP contribution in [0.3, 0.4) is 0 Å². The Morgan fingerprint density at radius 3 is 1.81 bits per heavy atom. The van der Waals surface area contributed by atoms with Crippen LogP contribution in [-0.2, 0) is 0 Å². The number of benzene rings is 2. The van der Waals surface area contributed by atoms with Crippen molar-refractivity contribution in [1.29, 1.82) is 0 Å². The number of aromatic amines is 1. The lowest BCUT2D eigenvalue weighted by molar-refractivity contribution is 0.0902. The Balaban J connectivity index is 2.19. The number of thioether (sulfide) groups is 1. The Bertz CT molecular complexity index is 930. The Morgan fingerprint density at radius 1 is 0.926 bits per heavy atom. The van der Waals surface area contributed by atoms with Crippen molar-refractivity contribution in [2.24, 2.45) is 0 Å². The molecule has 0 radical (unpaired) electrons. The molecule has 0 spiro atoms. The van der Waals surface area contributed by atoms with E-state index in [2.05, 4.69) is 4.98 Å². The first-order chi connectivity index (χ1) is 13.1. The summed E-state index contributed by atoms with van der Waals surface area (Å²) in [4.78, 5) is 16.7. The summed E-state index contributed by atoms with van der Waals surface area (Å²) in [6, 6.07) is 15.1. The average Bonchev–Trinajstić information content (AvgIpc) is 3.12. The lowest BCUT2D eigenvalue weighted by Gasteiger charge is -2.06. The van der Waals surface area contributed by atoms with Gasteiger partial charge in [0.2, 0.25) is 0 Å². The zero-order valence-corrected chi connectivity index (χ0v) is 16.2. The maximum absolute atomic E-state index is 12.5. The normalized spacial score (nSPS) is 10.7. The van der Waals surface area contributed by atoms with Gasteiger partial charge in [0.05, 0.1) is 31.2 Å². The minimum Gasteiger partial charge on any atom is -0.497 e. The minimum absolute atomic E-state index is 0.318. The van der Waals surface area contributed by atoms with Gasteiger partial charge in [0, 0.05) is 4.90 Å². The number of methoxy groups -OCH3 is 2. The molecule has 3 aromatic rings. The quantitative estimate of drug-likeness (QED) is 0.471. The fraction of sp³-hybridized carbons (Fsp3) is 0.190. The van der Waals surface area contributed by atoms with Crippen LogP contribution in [0.2, 0.25) is 0 Å². The van der Waals surface area contributed by atoms with Crippen molar-refractivity contribution < 1.29 is 19.4 Å². The highest BCUT2D eigenvalue weighted by Crippen LogP contribution is 2.40. The molecule has 0 fully saturated rings. The van der Waals surface area contributed by atoms with Crippen LogP contribution in [0, 0.1) is 0 Å². The lowest BCUT2D eigenvalue weighted by Crippen LogP contribution is -2.06. The van der Waals surface area contributed by atoms with E-state index in [0.29, 0.717) is 11.3 Å². The van der Waals surface area contributed by atoms with E-state index in [9.17, 15) is 9.90 Å². The SMILES string of the molecule is COc1ccc(-c2[nH]c(-c3ccc(OC)cc3)c(C(=O)CO)c2SC)cc1. The maximum atomic E-state index is 12.5. The molecule has 0 bridgehead atoms. The third kappa shape index (κ3) is 3.72. The number of aliphatic hydroxyl groups excluding tert-OH is 1. The molecule has 2 N–H and O–H groups in total. The maximum Gasteiger partial charge on any atom is 0.191 e. The zero-order chi connectivity index (χ0) is 19.4. The van der Waals surface area contributed by atoms with Crippen molar-refractivity contribution in [2.45, 2.75) is 4.90 Å². The zero-order valence-electron chi connectivity index (χ0n) is 15.4. The van der Waals surface area contributed by atoms with Gasteiger partial charge in [0.1, 0.15) is 18.1 Å². The number of Topliss-reactive ketones (excluding diaryl/α,β-unsaturated/α-hetero) is 1. The second-order valence-electron chi connectivity index (χ2n) is 5.82. The molecule has 0 saturated carbocycles. The van der Waals surface area contributed by atoms with Crippen LogP contribution >= 0.6 is 11.8 Å². The van der Waals surface area contributed by atoms with E-state index in [1.54, 1.807) is 14.2 Å². The van der Waals surface area contributed by atoms with Gasteiger partial charge in [0.25, 0.3) is 0 Å². The van der Waals surface area contributed by atoms with Crippen LogP contribution in [0.4, 0.5) is 0 Å². The summed E-state index contributed by atoms with van der Waals surface area (Å²) in [5, 5.41) is 9.50. The summed E-state index contributed by atoms with van der Waals surface area (Å²) in [5.41, 5.74) is 3.81. The number of carbonyl (C=O) groups excluding carboxylic acids is 1. The average molecular weight is 383 g/mol. The van der Waals surface area contributed by atoms with E-state index >= 15 is 0 Å². The molecule has 2 aromatic carbocycles. The van der Waals surface area contributed by atoms with Crippen LogP contribution in [-0.4, -0.2) is 43.0 Å². The molecule has 6 heteroatoms. The van der Waals surface area contributed by atoms with E-state index in [-0.39, 0.29) is 5.78 Å². The highest BCUT2D eigenvalue weighted by Gasteiger charge is 2.24. The van der Waals surface area contributed by atoms with Crippen LogP contribution in [0.5, 0.6) is 11.5 Å². The van der Waals surface area contributed by atoms with Gasteiger partial charge in [0.15, 0.2) is 5.78 Å². The number of rotatable bonds is 7. The van der Waals surface area contributed by atoms with Crippen LogP contribution in [0.25, 0.3) is 22.5 Å². The summed E-state index contributed by atoms with van der Waals surface area (Å²) >= 11 is 1.47. The second-order valence-corrected chi connectivity index (χ2v) is 6.64. The molecule has 0 aliphatic carbocycles. The number of nitrogens with one attached hydrogen (secondary N) is 1. The molecule has 27 heavy (non-hydrogen) atoms. The molecule has 0 unspecified atom stereocenters. The van der Waals surface area contributed by atoms with E-state index in [1.165, 1.54) is 11.8 Å². The molecule has 0 atom stereocenters. The van der Waals surface area contributed by atoms with Crippen molar-refractivity contribution in [3.8, 4) is 34.0 Å². The monoisotopic (exact) mass is 383 g/mol. The smallest absolute Gasteiger partial charge is 0.191 e. The van der Waals surface area contributed by atoms with Gasteiger partial charge >= 0.3 is 0 Å². The van der Waals surface area contributed by atoms with Crippen LogP contribution in [0.15, 0.2) is 53.4 Å². The Hall–Kier alpha value is -2.70. The topological polar surface area (TPSA) is 71.5 Å². The number of aliphatic hydroxyl groups is 1. The number of ketones is 1. The Kier molecular flexibility index (Phi) is 5.88. The van der Waals surface area contributed by atoms with Crippen molar-refractivity contribution in [3.05, 3.63) is 54.1 Å². The second kappa shape index (κ2) is 8.33. The first-order valence-corrected chi connectivity index (χ1v) is 9.58. The number of hydrogen-bond acceptors (Lipinski definition) is 5. The van der Waals surface area contributed by atoms with Crippen molar-refractivity contribution in [2.75, 3.05) is 27.1 Å². The number of ether oxygens (including phenoxy) is 2. The molecule has 3 rings (SSSR count). The molecular weight excluding hydrogens is 362 g/mol. The van der Waals surface area contributed by atoms with E-state index in [4.69, 9.17) is 9.47 Å². The Labute approximate surface area is 162 Å². The summed E-state index contributed by atoms with van der Waals surface area (Å²) < 4.78 is 10.4. The van der Waals surface area contributed by atoms with Gasteiger partial charge in [-0.3, -0.25) is 4.79 Å². The number of H-pyrrole nitrogens is 1. The number of aromatic nitrogens is 1. The van der Waals surface area contributed by atoms with Crippen molar-refractivity contribution in [1.82, 2.24) is 4.98 Å². The van der Waals surface area contributed by atoms with Gasteiger partial charge < -0.3 is 19.6 Å². The molecule has 0 aliphatic heterocycles. The third-order valence-corrected chi connectivity index (χ3v) is 5.15. The van der Waals surface area contributed by atoms with Gasteiger partial charge in [-0.05, 0) is 65.9 Å². The van der Waals surface area contributed by atoms with Gasteiger partial charge in [-0.25, -0.2) is 0 Å². The summed E-state index contributed by atoms with van der Waals surface area (Å²) in [7, 11) is 3.23. The summed E-state index contributed by atoms with van der Waals surface area (Å²) in [6.45, 7) is -0.545. The molecule has 1 heterocycles. The van der Waals surface area contributed by atoms with Gasteiger partial charge in [-0.15, -0.1) is 11.8 Å². The molecule has 5 nitrogen and oxygen atoms in total. The summed E-state index contributed by atoms with van der Waals surface area (Å²) in [5.74, 6) is 1.18. The molecule has 1 aromatic heterocycles. The van der Waals surface area contributed by atoms with E-state index in [1.807, 2.05) is 54.8 Å². The predicted molar refractivity (Wildman–Crippen MR) is 108 cm³/mol. The number of hydrogen-bond donors (Lipinski definition) is 2. The van der Waals surface area contributed by atoms with Gasteiger partial charge in [-0.1, -0.05) is 0 Å². The highest BCUT2D eigenvalue weighted by molar-refractivity contribution is 7.98. The van der Waals surface area contributed by atoms with E-state index in [0.717, 1.165) is 33.2 Å². The molecule has 0 amide bonds.